The maximum Gasteiger partial charge on any atom is 0.204 e. The SMILES string of the molecule is CC(C)=CCc1c(OCCCCn2cccn2)cc2oc3cc(OCCCCn4cncn4)c(CO)c(CC=C(C)C)c3c(=O)c2c1O. The summed E-state index contributed by atoms with van der Waals surface area (Å²) in [6.07, 6.45) is 14.9. The molecule has 11 heteroatoms. The van der Waals surface area contributed by atoms with Crippen LogP contribution >= 0.6 is 0 Å². The van der Waals surface area contributed by atoms with Gasteiger partial charge in [0.1, 0.15) is 46.5 Å². The van der Waals surface area contributed by atoms with Gasteiger partial charge in [-0.25, -0.2) is 4.98 Å². The molecule has 11 nitrogen and oxygen atoms in total. The zero-order valence-corrected chi connectivity index (χ0v) is 28.2. The number of fused-ring (bicyclic) bond motifs is 2. The fraction of sp³-hybridized carbons (Fsp3) is 0.405. The first kappa shape index (κ1) is 34.4. The summed E-state index contributed by atoms with van der Waals surface area (Å²) < 4.78 is 22.5. The zero-order valence-electron chi connectivity index (χ0n) is 28.2. The Hall–Kier alpha value is -4.90. The van der Waals surface area contributed by atoms with Gasteiger partial charge in [-0.05, 0) is 77.8 Å². The van der Waals surface area contributed by atoms with Crippen LogP contribution in [0.1, 0.15) is 70.1 Å². The molecule has 0 saturated heterocycles. The lowest BCUT2D eigenvalue weighted by atomic mass is 9.95. The molecular formula is C37H45N5O6. The van der Waals surface area contributed by atoms with Crippen LogP contribution in [0.3, 0.4) is 0 Å². The molecule has 3 heterocycles. The Morgan fingerprint density at radius 3 is 2.04 bits per heavy atom. The Kier molecular flexibility index (Phi) is 11.7. The van der Waals surface area contributed by atoms with E-state index < -0.39 is 0 Å². The predicted octanol–water partition coefficient (Wildman–Crippen LogP) is 6.67. The molecule has 0 bridgehead atoms. The normalized spacial score (nSPS) is 11.3. The number of unbranched alkanes of at least 4 members (excludes halogenated alkanes) is 2. The number of allylic oxidation sites excluding steroid dienone is 4. The molecule has 0 saturated carbocycles. The number of aromatic hydroxyl groups is 1. The van der Waals surface area contributed by atoms with Crippen molar-refractivity contribution in [1.29, 1.82) is 0 Å². The molecule has 48 heavy (non-hydrogen) atoms. The summed E-state index contributed by atoms with van der Waals surface area (Å²) in [5.74, 6) is 0.779. The van der Waals surface area contributed by atoms with E-state index in [9.17, 15) is 15.0 Å². The minimum Gasteiger partial charge on any atom is -0.507 e. The molecule has 254 valence electrons. The predicted molar refractivity (Wildman–Crippen MR) is 186 cm³/mol. The van der Waals surface area contributed by atoms with Gasteiger partial charge < -0.3 is 24.1 Å². The largest absolute Gasteiger partial charge is 0.507 e. The average molecular weight is 656 g/mol. The second kappa shape index (κ2) is 16.3. The molecule has 0 aliphatic heterocycles. The summed E-state index contributed by atoms with van der Waals surface area (Å²) in [7, 11) is 0. The van der Waals surface area contributed by atoms with Crippen LogP contribution in [0.15, 0.2) is 75.8 Å². The maximum atomic E-state index is 14.3. The summed E-state index contributed by atoms with van der Waals surface area (Å²) in [5.41, 5.74) is 4.00. The highest BCUT2D eigenvalue weighted by Crippen LogP contribution is 2.39. The van der Waals surface area contributed by atoms with Crippen molar-refractivity contribution in [3.63, 3.8) is 0 Å². The lowest BCUT2D eigenvalue weighted by Gasteiger charge is -2.18. The number of hydrogen-bond acceptors (Lipinski definition) is 9. The lowest BCUT2D eigenvalue weighted by molar-refractivity contribution is 0.258. The van der Waals surface area contributed by atoms with Crippen LogP contribution in [0.2, 0.25) is 0 Å². The van der Waals surface area contributed by atoms with Gasteiger partial charge >= 0.3 is 0 Å². The zero-order chi connectivity index (χ0) is 34.0. The van der Waals surface area contributed by atoms with Gasteiger partial charge in [-0.3, -0.25) is 14.2 Å². The van der Waals surface area contributed by atoms with E-state index in [-0.39, 0.29) is 28.8 Å². The minimum atomic E-state index is -0.362. The van der Waals surface area contributed by atoms with Crippen molar-refractivity contribution >= 4 is 21.9 Å². The third kappa shape index (κ3) is 8.32. The van der Waals surface area contributed by atoms with Crippen LogP contribution in [-0.4, -0.2) is 48.0 Å². The molecule has 0 aliphatic rings. The summed E-state index contributed by atoms with van der Waals surface area (Å²) in [5, 5.41) is 31.0. The first-order chi connectivity index (χ1) is 23.3. The molecule has 0 unspecified atom stereocenters. The molecule has 5 aromatic rings. The van der Waals surface area contributed by atoms with Crippen molar-refractivity contribution in [3.8, 4) is 17.2 Å². The first-order valence-electron chi connectivity index (χ1n) is 16.5. The van der Waals surface area contributed by atoms with E-state index in [1.54, 1.807) is 29.3 Å². The molecular weight excluding hydrogens is 610 g/mol. The number of nitrogens with zero attached hydrogens (tertiary/aromatic N) is 5. The monoisotopic (exact) mass is 655 g/mol. The quantitative estimate of drug-likeness (QED) is 0.0639. The van der Waals surface area contributed by atoms with Crippen LogP contribution in [0.5, 0.6) is 17.2 Å². The van der Waals surface area contributed by atoms with Crippen molar-refractivity contribution in [3.05, 3.63) is 93.5 Å². The third-order valence-electron chi connectivity index (χ3n) is 8.17. The van der Waals surface area contributed by atoms with Crippen molar-refractivity contribution in [1.82, 2.24) is 24.5 Å². The Balaban J connectivity index is 1.52. The molecule has 2 aromatic carbocycles. The number of aryl methyl sites for hydroxylation is 2. The van der Waals surface area contributed by atoms with E-state index in [0.717, 1.165) is 43.4 Å². The number of aliphatic hydroxyl groups is 1. The highest BCUT2D eigenvalue weighted by atomic mass is 16.5. The van der Waals surface area contributed by atoms with E-state index in [4.69, 9.17) is 13.9 Å². The smallest absolute Gasteiger partial charge is 0.204 e. The Morgan fingerprint density at radius 1 is 0.833 bits per heavy atom. The van der Waals surface area contributed by atoms with Crippen molar-refractivity contribution in [2.45, 2.75) is 85.9 Å². The summed E-state index contributed by atoms with van der Waals surface area (Å²) in [6.45, 7) is 9.93. The van der Waals surface area contributed by atoms with Gasteiger partial charge in [0.2, 0.25) is 5.43 Å². The van der Waals surface area contributed by atoms with Gasteiger partial charge in [0, 0.05) is 48.7 Å². The van der Waals surface area contributed by atoms with Crippen molar-refractivity contribution < 1.29 is 24.1 Å². The highest BCUT2D eigenvalue weighted by molar-refractivity contribution is 5.97. The van der Waals surface area contributed by atoms with Crippen molar-refractivity contribution in [2.24, 2.45) is 0 Å². The van der Waals surface area contributed by atoms with Gasteiger partial charge in [0.05, 0.1) is 25.2 Å². The molecule has 0 spiro atoms. The van der Waals surface area contributed by atoms with E-state index in [2.05, 4.69) is 15.2 Å². The van der Waals surface area contributed by atoms with E-state index >= 15 is 0 Å². The molecule has 5 rings (SSSR count). The number of phenols is 1. The number of aromatic nitrogens is 5. The molecule has 0 atom stereocenters. The lowest BCUT2D eigenvalue weighted by Crippen LogP contribution is -2.11. The van der Waals surface area contributed by atoms with Crippen LogP contribution < -0.4 is 14.9 Å². The number of aliphatic hydroxyl groups excluding tert-OH is 1. The van der Waals surface area contributed by atoms with Gasteiger partial charge in [-0.1, -0.05) is 23.3 Å². The Labute approximate surface area is 280 Å². The van der Waals surface area contributed by atoms with Crippen molar-refractivity contribution in [2.75, 3.05) is 13.2 Å². The molecule has 0 aliphatic carbocycles. The number of rotatable bonds is 17. The summed E-state index contributed by atoms with van der Waals surface area (Å²) in [4.78, 5) is 18.3. The standard InChI is InChI=1S/C37H45N5O6/c1-25(2)10-12-27-29(22-43)31(47-19-8-6-16-42-24-38-23-40-42)21-32-34(27)37(45)35-33(48-32)20-30(28(36(35)44)13-11-26(3)4)46-18-7-5-15-41-17-9-14-39-41/h9-11,14,17,20-21,23-24,43-44H,5-8,12-13,15-16,18-19,22H2,1-4H3. The van der Waals surface area contributed by atoms with Gasteiger partial charge in [-0.15, -0.1) is 0 Å². The summed E-state index contributed by atoms with van der Waals surface area (Å²) in [6, 6.07) is 5.28. The average Bonchev–Trinajstić information content (AvgIpc) is 3.77. The minimum absolute atomic E-state index is 0.0924. The number of benzene rings is 2. The molecule has 0 amide bonds. The Morgan fingerprint density at radius 2 is 1.46 bits per heavy atom. The second-order valence-electron chi connectivity index (χ2n) is 12.4. The van der Waals surface area contributed by atoms with Crippen LogP contribution in [-0.2, 0) is 32.5 Å². The van der Waals surface area contributed by atoms with Crippen LogP contribution in [0, 0.1) is 0 Å². The third-order valence-corrected chi connectivity index (χ3v) is 8.17. The van der Waals surface area contributed by atoms with Gasteiger partial charge in [0.25, 0.3) is 0 Å². The summed E-state index contributed by atoms with van der Waals surface area (Å²) >= 11 is 0. The van der Waals surface area contributed by atoms with Gasteiger partial charge in [-0.2, -0.15) is 10.2 Å². The molecule has 3 aromatic heterocycles. The molecule has 2 N–H and O–H groups in total. The highest BCUT2D eigenvalue weighted by Gasteiger charge is 2.23. The molecule has 0 radical (unpaired) electrons. The van der Waals surface area contributed by atoms with E-state index in [0.29, 0.717) is 71.8 Å². The van der Waals surface area contributed by atoms with E-state index in [1.165, 1.54) is 6.33 Å². The van der Waals surface area contributed by atoms with Crippen LogP contribution in [0.25, 0.3) is 21.9 Å². The first-order valence-corrected chi connectivity index (χ1v) is 16.5. The van der Waals surface area contributed by atoms with Gasteiger partial charge in [0.15, 0.2) is 0 Å². The van der Waals surface area contributed by atoms with Crippen LogP contribution in [0.4, 0.5) is 0 Å². The Bertz CT molecular complexity index is 1930. The number of phenolic OH excluding ortho intramolecular Hbond substituents is 1. The van der Waals surface area contributed by atoms with E-state index in [1.807, 2.05) is 56.8 Å². The maximum absolute atomic E-state index is 14.3. The number of hydrogen-bond donors (Lipinski definition) is 2. The molecule has 0 fully saturated rings. The topological polar surface area (TPSA) is 138 Å². The fourth-order valence-electron chi connectivity index (χ4n) is 5.62. The second-order valence-corrected chi connectivity index (χ2v) is 12.4. The fourth-order valence-corrected chi connectivity index (χ4v) is 5.62. The number of ether oxygens (including phenoxy) is 2.